The number of amides is 1. The van der Waals surface area contributed by atoms with Crippen LogP contribution in [-0.4, -0.2) is 61.1 Å². The van der Waals surface area contributed by atoms with E-state index in [1.165, 1.54) is 37.3 Å². The molecule has 35 heavy (non-hydrogen) atoms. The molecule has 8 nitrogen and oxygen atoms in total. The van der Waals surface area contributed by atoms with Crippen LogP contribution in [0.2, 0.25) is 0 Å². The van der Waals surface area contributed by atoms with Gasteiger partial charge >= 0.3 is 12.8 Å². The first kappa shape index (κ1) is 26.3. The second kappa shape index (κ2) is 9.41. The van der Waals surface area contributed by atoms with E-state index < -0.39 is 51.5 Å². The standard InChI is InChI=1S/C21H20F5N3O5S/c1-20(9-35(32,33)10-20)29-18(31)11-5-6-15(14(7-11)16(27)17(30)21(24,25)26)28-12-3-2-4-13(8-12)34-19(22)23/h2-8,17,19,27-28,30H,9-10H2,1H3,(H,29,31). The van der Waals surface area contributed by atoms with E-state index in [0.29, 0.717) is 0 Å². The van der Waals surface area contributed by atoms with Crippen molar-refractivity contribution in [1.82, 2.24) is 5.32 Å². The monoisotopic (exact) mass is 521 g/mol. The molecule has 0 aromatic heterocycles. The summed E-state index contributed by atoms with van der Waals surface area (Å²) >= 11 is 0. The molecule has 1 amide bonds. The Bertz CT molecular complexity index is 1240. The number of hydrogen-bond donors (Lipinski definition) is 4. The minimum atomic E-state index is -5.18. The predicted molar refractivity (Wildman–Crippen MR) is 116 cm³/mol. The number of aliphatic hydroxyl groups is 1. The summed E-state index contributed by atoms with van der Waals surface area (Å²) in [5.74, 6) is -1.65. The molecule has 1 saturated heterocycles. The van der Waals surface area contributed by atoms with E-state index in [9.17, 15) is 40.3 Å². The number of ether oxygens (including phenoxy) is 1. The van der Waals surface area contributed by atoms with Gasteiger partial charge < -0.3 is 25.9 Å². The third-order valence-corrected chi connectivity index (χ3v) is 7.14. The Morgan fingerprint density at radius 1 is 1.17 bits per heavy atom. The van der Waals surface area contributed by atoms with Crippen molar-refractivity contribution in [1.29, 1.82) is 5.41 Å². The van der Waals surface area contributed by atoms with Gasteiger partial charge in [0.1, 0.15) is 5.75 Å². The normalized spacial score (nSPS) is 17.3. The van der Waals surface area contributed by atoms with Gasteiger partial charge in [-0.1, -0.05) is 6.07 Å². The zero-order chi connectivity index (χ0) is 26.2. The predicted octanol–water partition coefficient (Wildman–Crippen LogP) is 3.24. The average Bonchev–Trinajstić information content (AvgIpc) is 2.70. The molecule has 1 unspecified atom stereocenters. The summed E-state index contributed by atoms with van der Waals surface area (Å²) < 4.78 is 91.4. The molecule has 0 bridgehead atoms. The van der Waals surface area contributed by atoms with E-state index >= 15 is 0 Å². The molecule has 0 aliphatic carbocycles. The van der Waals surface area contributed by atoms with Crippen LogP contribution in [-0.2, 0) is 9.84 Å². The molecule has 1 heterocycles. The van der Waals surface area contributed by atoms with Gasteiger partial charge in [-0.2, -0.15) is 22.0 Å². The first-order chi connectivity index (χ1) is 16.1. The Hall–Kier alpha value is -3.26. The van der Waals surface area contributed by atoms with E-state index in [4.69, 9.17) is 5.41 Å². The topological polar surface area (TPSA) is 129 Å². The molecule has 0 saturated carbocycles. The molecule has 0 spiro atoms. The Labute approximate surface area is 196 Å². The fourth-order valence-electron chi connectivity index (χ4n) is 3.58. The Morgan fingerprint density at radius 2 is 1.83 bits per heavy atom. The maximum atomic E-state index is 13.1. The average molecular weight is 521 g/mol. The van der Waals surface area contributed by atoms with Gasteiger partial charge in [0, 0.05) is 28.6 Å². The lowest BCUT2D eigenvalue weighted by Gasteiger charge is -2.38. The number of nitrogens with one attached hydrogen (secondary N) is 3. The summed E-state index contributed by atoms with van der Waals surface area (Å²) in [5.41, 5.74) is -3.03. The minimum Gasteiger partial charge on any atom is -0.435 e. The number of carbonyl (C=O) groups is 1. The number of sulfone groups is 1. The zero-order valence-electron chi connectivity index (χ0n) is 18.0. The van der Waals surface area contributed by atoms with Gasteiger partial charge in [-0.3, -0.25) is 4.79 Å². The van der Waals surface area contributed by atoms with Crippen LogP contribution in [0.5, 0.6) is 5.75 Å². The largest absolute Gasteiger partial charge is 0.435 e. The molecule has 1 atom stereocenters. The molecule has 14 heteroatoms. The fourth-order valence-corrected chi connectivity index (χ4v) is 5.58. The number of benzene rings is 2. The minimum absolute atomic E-state index is 0.114. The first-order valence-corrected chi connectivity index (χ1v) is 11.7. The number of rotatable bonds is 8. The number of anilines is 2. The summed E-state index contributed by atoms with van der Waals surface area (Å²) in [6.07, 6.45) is -8.35. The highest BCUT2D eigenvalue weighted by molar-refractivity contribution is 7.93. The SMILES string of the molecule is CC1(NC(=O)c2ccc(Nc3cccc(OC(F)F)c3)c(C(=N)C(O)C(F)(F)F)c2)CS(=O)(=O)C1. The van der Waals surface area contributed by atoms with Gasteiger partial charge in [0.25, 0.3) is 5.91 Å². The van der Waals surface area contributed by atoms with Crippen LogP contribution in [0.15, 0.2) is 42.5 Å². The molecule has 4 N–H and O–H groups in total. The van der Waals surface area contributed by atoms with Crippen molar-refractivity contribution in [3.05, 3.63) is 53.6 Å². The maximum absolute atomic E-state index is 13.1. The van der Waals surface area contributed by atoms with Crippen molar-refractivity contribution in [2.24, 2.45) is 0 Å². The third-order valence-electron chi connectivity index (χ3n) is 4.99. The van der Waals surface area contributed by atoms with Gasteiger partial charge in [0.15, 0.2) is 15.9 Å². The molecular weight excluding hydrogens is 501 g/mol. The second-order valence-electron chi connectivity index (χ2n) is 8.20. The molecule has 190 valence electrons. The molecule has 0 radical (unpaired) electrons. The van der Waals surface area contributed by atoms with Gasteiger partial charge in [-0.15, -0.1) is 0 Å². The summed E-state index contributed by atoms with van der Waals surface area (Å²) in [4.78, 5) is 12.7. The van der Waals surface area contributed by atoms with Crippen LogP contribution >= 0.6 is 0 Å². The Kier molecular flexibility index (Phi) is 7.09. The number of aliphatic hydroxyl groups excluding tert-OH is 1. The lowest BCUT2D eigenvalue weighted by molar-refractivity contribution is -0.181. The molecule has 2 aromatic rings. The molecule has 1 aliphatic heterocycles. The lowest BCUT2D eigenvalue weighted by Crippen LogP contribution is -2.63. The summed E-state index contributed by atoms with van der Waals surface area (Å²) in [7, 11) is -3.29. The first-order valence-electron chi connectivity index (χ1n) is 9.91. The van der Waals surface area contributed by atoms with Crippen LogP contribution in [0.4, 0.5) is 33.3 Å². The number of alkyl halides is 5. The molecule has 2 aromatic carbocycles. The van der Waals surface area contributed by atoms with Gasteiger partial charge in [-0.05, 0) is 37.3 Å². The zero-order valence-corrected chi connectivity index (χ0v) is 18.8. The van der Waals surface area contributed by atoms with E-state index in [1.54, 1.807) is 0 Å². The molecule has 1 aliphatic rings. The van der Waals surface area contributed by atoms with Crippen LogP contribution in [0.25, 0.3) is 0 Å². The number of hydrogen-bond acceptors (Lipinski definition) is 7. The Balaban J connectivity index is 1.94. The van der Waals surface area contributed by atoms with Crippen molar-refractivity contribution in [3.8, 4) is 5.75 Å². The number of halogens is 5. The van der Waals surface area contributed by atoms with Crippen molar-refractivity contribution in [2.45, 2.75) is 31.4 Å². The second-order valence-corrected chi connectivity index (χ2v) is 10.3. The highest BCUT2D eigenvalue weighted by Crippen LogP contribution is 2.30. The van der Waals surface area contributed by atoms with Crippen molar-refractivity contribution in [2.75, 3.05) is 16.8 Å². The molecule has 3 rings (SSSR count). The van der Waals surface area contributed by atoms with Crippen molar-refractivity contribution < 1.29 is 45.0 Å². The van der Waals surface area contributed by atoms with Crippen LogP contribution < -0.4 is 15.4 Å². The highest BCUT2D eigenvalue weighted by atomic mass is 32.2. The highest BCUT2D eigenvalue weighted by Gasteiger charge is 2.46. The van der Waals surface area contributed by atoms with Gasteiger partial charge in [-0.25, -0.2) is 8.42 Å². The summed E-state index contributed by atoms with van der Waals surface area (Å²) in [5, 5.41) is 22.7. The maximum Gasteiger partial charge on any atom is 0.420 e. The smallest absolute Gasteiger partial charge is 0.420 e. The summed E-state index contributed by atoms with van der Waals surface area (Å²) in [6.45, 7) is -1.62. The van der Waals surface area contributed by atoms with Gasteiger partial charge in [0.05, 0.1) is 22.8 Å². The van der Waals surface area contributed by atoms with Crippen molar-refractivity contribution in [3.63, 3.8) is 0 Å². The Morgan fingerprint density at radius 3 is 2.40 bits per heavy atom. The van der Waals surface area contributed by atoms with Crippen molar-refractivity contribution >= 4 is 32.8 Å². The molecular formula is C21H20F5N3O5S. The third kappa shape index (κ3) is 6.45. The lowest BCUT2D eigenvalue weighted by atomic mass is 9.98. The van der Waals surface area contributed by atoms with Crippen LogP contribution in [0.1, 0.15) is 22.8 Å². The van der Waals surface area contributed by atoms with E-state index in [1.807, 2.05) is 0 Å². The quantitative estimate of drug-likeness (QED) is 0.312. The van der Waals surface area contributed by atoms with Crippen LogP contribution in [0, 0.1) is 5.41 Å². The van der Waals surface area contributed by atoms with Crippen LogP contribution in [0.3, 0.4) is 0 Å². The summed E-state index contributed by atoms with van der Waals surface area (Å²) in [6, 6.07) is 8.41. The van der Waals surface area contributed by atoms with Gasteiger partial charge in [0.2, 0.25) is 0 Å². The fraction of sp³-hybridized carbons (Fsp3) is 0.333. The van der Waals surface area contributed by atoms with E-state index in [-0.39, 0.29) is 34.2 Å². The van der Waals surface area contributed by atoms with E-state index in [2.05, 4.69) is 15.4 Å². The number of carbonyl (C=O) groups excluding carboxylic acids is 1. The van der Waals surface area contributed by atoms with E-state index in [0.717, 1.165) is 12.1 Å². The molecule has 1 fully saturated rings.